The summed E-state index contributed by atoms with van der Waals surface area (Å²) in [7, 11) is 1.76. The summed E-state index contributed by atoms with van der Waals surface area (Å²) in [4.78, 5) is 22.5. The van der Waals surface area contributed by atoms with Crippen LogP contribution in [0.1, 0.15) is 33.5 Å². The van der Waals surface area contributed by atoms with E-state index < -0.39 is 5.97 Å². The Kier molecular flexibility index (Phi) is 2.78. The zero-order valence-electron chi connectivity index (χ0n) is 10.3. The molecule has 2 heterocycles. The van der Waals surface area contributed by atoms with Gasteiger partial charge >= 0.3 is 5.97 Å². The molecule has 0 aliphatic heterocycles. The van der Waals surface area contributed by atoms with Crippen molar-refractivity contribution in [2.75, 3.05) is 0 Å². The summed E-state index contributed by atoms with van der Waals surface area (Å²) in [6, 6.07) is 1.37. The number of rotatable bonds is 3. The van der Waals surface area contributed by atoms with Gasteiger partial charge in [-0.05, 0) is 19.9 Å². The molecule has 2 aromatic heterocycles. The first kappa shape index (κ1) is 12.1. The Hall–Kier alpha value is -2.37. The molecule has 0 fully saturated rings. The smallest absolute Gasteiger partial charge is 0.352 e. The zero-order valence-corrected chi connectivity index (χ0v) is 10.3. The van der Waals surface area contributed by atoms with Crippen LogP contribution in [0.15, 0.2) is 18.5 Å². The van der Waals surface area contributed by atoms with Crippen molar-refractivity contribution in [3.05, 3.63) is 35.4 Å². The Morgan fingerprint density at radius 2 is 2.00 bits per heavy atom. The SMILES string of the molecule is CC(=O)c1cc(C(=O)O)n(-c2cn(C)nc2C)c1. The summed E-state index contributed by atoms with van der Waals surface area (Å²) in [6.45, 7) is 3.19. The fraction of sp³-hybridized carbons (Fsp3) is 0.250. The number of hydrogen-bond acceptors (Lipinski definition) is 3. The average molecular weight is 247 g/mol. The number of hydrogen-bond donors (Lipinski definition) is 1. The molecule has 6 heteroatoms. The third kappa shape index (κ3) is 1.92. The van der Waals surface area contributed by atoms with Gasteiger partial charge < -0.3 is 9.67 Å². The number of carboxylic acids is 1. The molecule has 2 aromatic rings. The van der Waals surface area contributed by atoms with Gasteiger partial charge in [-0.15, -0.1) is 0 Å². The molecule has 1 N–H and O–H groups in total. The van der Waals surface area contributed by atoms with Crippen molar-refractivity contribution in [3.63, 3.8) is 0 Å². The van der Waals surface area contributed by atoms with Crippen LogP contribution in [0.4, 0.5) is 0 Å². The maximum Gasteiger partial charge on any atom is 0.352 e. The highest BCUT2D eigenvalue weighted by molar-refractivity contribution is 5.97. The van der Waals surface area contributed by atoms with E-state index in [0.29, 0.717) is 16.9 Å². The minimum atomic E-state index is -1.08. The Balaban J connectivity index is 2.66. The van der Waals surface area contributed by atoms with Crippen LogP contribution in [0.2, 0.25) is 0 Å². The van der Waals surface area contributed by atoms with Crippen LogP contribution in [0.3, 0.4) is 0 Å². The van der Waals surface area contributed by atoms with Gasteiger partial charge in [-0.3, -0.25) is 9.48 Å². The van der Waals surface area contributed by atoms with Crippen molar-refractivity contribution >= 4 is 11.8 Å². The number of aryl methyl sites for hydroxylation is 2. The van der Waals surface area contributed by atoms with Gasteiger partial charge in [0, 0.05) is 25.0 Å². The predicted octanol–water partition coefficient (Wildman–Crippen LogP) is 1.42. The van der Waals surface area contributed by atoms with Crippen molar-refractivity contribution in [2.45, 2.75) is 13.8 Å². The first-order valence-corrected chi connectivity index (χ1v) is 5.37. The molecule has 0 aromatic carbocycles. The molecule has 0 saturated heterocycles. The van der Waals surface area contributed by atoms with Gasteiger partial charge in [0.05, 0.1) is 11.4 Å². The maximum atomic E-state index is 11.3. The van der Waals surface area contributed by atoms with E-state index in [1.54, 1.807) is 24.9 Å². The summed E-state index contributed by atoms with van der Waals surface area (Å²) in [5.74, 6) is -1.25. The summed E-state index contributed by atoms with van der Waals surface area (Å²) in [5, 5.41) is 13.3. The van der Waals surface area contributed by atoms with Gasteiger partial charge in [-0.25, -0.2) is 4.79 Å². The Labute approximate surface area is 103 Å². The monoisotopic (exact) mass is 247 g/mol. The number of carboxylic acid groups (broad SMARTS) is 1. The van der Waals surface area contributed by atoms with Crippen molar-refractivity contribution in [1.29, 1.82) is 0 Å². The first-order valence-electron chi connectivity index (χ1n) is 5.37. The molecule has 0 saturated carbocycles. The Morgan fingerprint density at radius 1 is 1.33 bits per heavy atom. The summed E-state index contributed by atoms with van der Waals surface area (Å²) < 4.78 is 3.07. The minimum absolute atomic E-state index is 0.0521. The molecule has 0 aliphatic rings. The number of carbonyl (C=O) groups is 2. The summed E-state index contributed by atoms with van der Waals surface area (Å²) in [6.07, 6.45) is 3.24. The lowest BCUT2D eigenvalue weighted by molar-refractivity contribution is 0.0688. The normalized spacial score (nSPS) is 10.6. The fourth-order valence-corrected chi connectivity index (χ4v) is 1.84. The Morgan fingerprint density at radius 3 is 2.44 bits per heavy atom. The molecule has 0 spiro atoms. The molecular weight excluding hydrogens is 234 g/mol. The van der Waals surface area contributed by atoms with E-state index >= 15 is 0 Å². The van der Waals surface area contributed by atoms with E-state index in [1.165, 1.54) is 23.8 Å². The van der Waals surface area contributed by atoms with Crippen molar-refractivity contribution in [2.24, 2.45) is 7.05 Å². The largest absolute Gasteiger partial charge is 0.477 e. The van der Waals surface area contributed by atoms with Gasteiger partial charge in [0.25, 0.3) is 0 Å². The second-order valence-electron chi connectivity index (χ2n) is 4.12. The van der Waals surface area contributed by atoms with Gasteiger partial charge in [-0.1, -0.05) is 0 Å². The van der Waals surface area contributed by atoms with E-state index in [2.05, 4.69) is 5.10 Å². The van der Waals surface area contributed by atoms with Crippen LogP contribution in [-0.4, -0.2) is 31.2 Å². The molecule has 0 bridgehead atoms. The lowest BCUT2D eigenvalue weighted by Crippen LogP contribution is -2.05. The highest BCUT2D eigenvalue weighted by Gasteiger charge is 2.18. The second kappa shape index (κ2) is 4.14. The predicted molar refractivity (Wildman–Crippen MR) is 64.2 cm³/mol. The number of Topliss-reactive ketones (excluding diaryl/α,β-unsaturated/α-hetero) is 1. The van der Waals surface area contributed by atoms with Gasteiger partial charge in [-0.2, -0.15) is 5.10 Å². The molecular formula is C12H13N3O3. The topological polar surface area (TPSA) is 77.1 Å². The van der Waals surface area contributed by atoms with Gasteiger partial charge in [0.1, 0.15) is 5.69 Å². The fourth-order valence-electron chi connectivity index (χ4n) is 1.84. The molecule has 0 aliphatic carbocycles. The lowest BCUT2D eigenvalue weighted by Gasteiger charge is -2.03. The Bertz CT molecular complexity index is 637. The average Bonchev–Trinajstić information content (AvgIpc) is 2.81. The number of carbonyl (C=O) groups excluding carboxylic acids is 1. The standard InChI is InChI=1S/C12H13N3O3/c1-7-11(6-14(3)13-7)15-5-9(8(2)16)4-10(15)12(17)18/h4-6H,1-3H3,(H,17,18). The van der Waals surface area contributed by atoms with Crippen molar-refractivity contribution < 1.29 is 14.7 Å². The number of ketones is 1. The van der Waals surface area contributed by atoms with E-state index in [-0.39, 0.29) is 11.5 Å². The van der Waals surface area contributed by atoms with Crippen molar-refractivity contribution in [3.8, 4) is 5.69 Å². The van der Waals surface area contributed by atoms with Crippen molar-refractivity contribution in [1.82, 2.24) is 14.3 Å². The number of aromatic carboxylic acids is 1. The highest BCUT2D eigenvalue weighted by Crippen LogP contribution is 2.19. The van der Waals surface area contributed by atoms with Crippen LogP contribution >= 0.6 is 0 Å². The molecule has 18 heavy (non-hydrogen) atoms. The zero-order chi connectivity index (χ0) is 13.4. The molecule has 2 rings (SSSR count). The van der Waals surface area contributed by atoms with Gasteiger partial charge in [0.2, 0.25) is 0 Å². The molecule has 0 radical (unpaired) electrons. The summed E-state index contributed by atoms with van der Waals surface area (Å²) >= 11 is 0. The quantitative estimate of drug-likeness (QED) is 0.832. The van der Waals surface area contributed by atoms with Crippen LogP contribution in [0.25, 0.3) is 5.69 Å². The van der Waals surface area contributed by atoms with Crippen LogP contribution in [-0.2, 0) is 7.05 Å². The van der Waals surface area contributed by atoms with Crippen LogP contribution < -0.4 is 0 Å². The lowest BCUT2D eigenvalue weighted by atomic mass is 10.2. The molecule has 0 atom stereocenters. The first-order chi connectivity index (χ1) is 8.40. The van der Waals surface area contributed by atoms with Crippen LogP contribution in [0, 0.1) is 6.92 Å². The summed E-state index contributed by atoms with van der Waals surface area (Å²) in [5.41, 5.74) is 1.78. The maximum absolute atomic E-state index is 11.3. The molecule has 0 amide bonds. The van der Waals surface area contributed by atoms with E-state index in [1.807, 2.05) is 0 Å². The highest BCUT2D eigenvalue weighted by atomic mass is 16.4. The number of nitrogens with zero attached hydrogens (tertiary/aromatic N) is 3. The van der Waals surface area contributed by atoms with E-state index in [4.69, 9.17) is 5.11 Å². The second-order valence-corrected chi connectivity index (χ2v) is 4.12. The molecule has 6 nitrogen and oxygen atoms in total. The molecule has 94 valence electrons. The third-order valence-electron chi connectivity index (χ3n) is 2.69. The third-order valence-corrected chi connectivity index (χ3v) is 2.69. The van der Waals surface area contributed by atoms with Gasteiger partial charge in [0.15, 0.2) is 5.78 Å². The molecule has 0 unspecified atom stereocenters. The number of aromatic nitrogens is 3. The van der Waals surface area contributed by atoms with E-state index in [0.717, 1.165) is 0 Å². The van der Waals surface area contributed by atoms with E-state index in [9.17, 15) is 9.59 Å². The van der Waals surface area contributed by atoms with Crippen LogP contribution in [0.5, 0.6) is 0 Å². The minimum Gasteiger partial charge on any atom is -0.477 e.